The molecule has 1 aliphatic rings. The molecule has 3 nitrogen and oxygen atoms in total. The molecule has 2 aromatic rings. The van der Waals surface area contributed by atoms with Crippen molar-refractivity contribution in [2.45, 2.75) is 25.9 Å². The monoisotopic (exact) mass is 267 g/mol. The van der Waals surface area contributed by atoms with Crippen molar-refractivity contribution in [1.82, 2.24) is 5.32 Å². The lowest BCUT2D eigenvalue weighted by atomic mass is 9.88. The fraction of sp³-hybridized carbons (Fsp3) is 0.235. The van der Waals surface area contributed by atoms with E-state index >= 15 is 0 Å². The molecule has 102 valence electrons. The van der Waals surface area contributed by atoms with E-state index in [9.17, 15) is 4.79 Å². The third kappa shape index (κ3) is 2.32. The molecule has 0 fully saturated rings. The summed E-state index contributed by atoms with van der Waals surface area (Å²) in [6, 6.07) is 13.9. The Morgan fingerprint density at radius 2 is 2.05 bits per heavy atom. The van der Waals surface area contributed by atoms with Gasteiger partial charge in [-0.15, -0.1) is 0 Å². The summed E-state index contributed by atoms with van der Waals surface area (Å²) in [5.41, 5.74) is 5.11. The van der Waals surface area contributed by atoms with Crippen LogP contribution in [0.4, 0.5) is 0 Å². The molecular weight excluding hydrogens is 250 g/mol. The lowest BCUT2D eigenvalue weighted by Crippen LogP contribution is -2.33. The van der Waals surface area contributed by atoms with E-state index in [1.54, 1.807) is 12.1 Å². The highest BCUT2D eigenvalue weighted by molar-refractivity contribution is 5.89. The maximum absolute atomic E-state index is 11.1. The SMILES string of the molecule is CC1Cc2c(cccc2-c2cccc(C(=O)O)c2)CN1. The first-order chi connectivity index (χ1) is 9.65. The first-order valence-electron chi connectivity index (χ1n) is 6.83. The Morgan fingerprint density at radius 1 is 1.25 bits per heavy atom. The molecule has 0 aromatic heterocycles. The van der Waals surface area contributed by atoms with E-state index in [-0.39, 0.29) is 0 Å². The first-order valence-corrected chi connectivity index (χ1v) is 6.83. The van der Waals surface area contributed by atoms with Gasteiger partial charge < -0.3 is 10.4 Å². The van der Waals surface area contributed by atoms with E-state index < -0.39 is 5.97 Å². The first kappa shape index (κ1) is 12.9. The van der Waals surface area contributed by atoms with Gasteiger partial charge in [0, 0.05) is 12.6 Å². The Labute approximate surface area is 118 Å². The topological polar surface area (TPSA) is 49.3 Å². The fourth-order valence-corrected chi connectivity index (χ4v) is 2.79. The molecule has 1 atom stereocenters. The molecule has 1 aliphatic heterocycles. The zero-order chi connectivity index (χ0) is 14.1. The summed E-state index contributed by atoms with van der Waals surface area (Å²) < 4.78 is 0. The van der Waals surface area contributed by atoms with E-state index in [0.717, 1.165) is 24.1 Å². The lowest BCUT2D eigenvalue weighted by Gasteiger charge is -2.25. The molecule has 0 saturated heterocycles. The van der Waals surface area contributed by atoms with Crippen molar-refractivity contribution < 1.29 is 9.90 Å². The predicted octanol–water partition coefficient (Wildman–Crippen LogP) is 3.09. The highest BCUT2D eigenvalue weighted by atomic mass is 16.4. The Kier molecular flexibility index (Phi) is 3.28. The van der Waals surface area contributed by atoms with Crippen LogP contribution in [0.1, 0.15) is 28.4 Å². The molecule has 0 radical (unpaired) electrons. The highest BCUT2D eigenvalue weighted by Crippen LogP contribution is 2.30. The number of rotatable bonds is 2. The normalized spacial score (nSPS) is 17.6. The number of hydrogen-bond donors (Lipinski definition) is 2. The second kappa shape index (κ2) is 5.10. The average molecular weight is 267 g/mol. The largest absolute Gasteiger partial charge is 0.478 e. The van der Waals surface area contributed by atoms with Gasteiger partial charge in [0.05, 0.1) is 5.56 Å². The van der Waals surface area contributed by atoms with E-state index in [1.165, 1.54) is 11.1 Å². The van der Waals surface area contributed by atoms with Crippen LogP contribution in [-0.4, -0.2) is 17.1 Å². The van der Waals surface area contributed by atoms with Gasteiger partial charge in [-0.3, -0.25) is 0 Å². The number of hydrogen-bond acceptors (Lipinski definition) is 2. The summed E-state index contributed by atoms with van der Waals surface area (Å²) >= 11 is 0. The van der Waals surface area contributed by atoms with Crippen LogP contribution in [0, 0.1) is 0 Å². The maximum Gasteiger partial charge on any atom is 0.335 e. The van der Waals surface area contributed by atoms with E-state index in [1.807, 2.05) is 18.2 Å². The number of carboxylic acid groups (broad SMARTS) is 1. The van der Waals surface area contributed by atoms with Crippen LogP contribution in [0.25, 0.3) is 11.1 Å². The van der Waals surface area contributed by atoms with Crippen LogP contribution < -0.4 is 5.32 Å². The summed E-state index contributed by atoms with van der Waals surface area (Å²) in [4.78, 5) is 11.1. The van der Waals surface area contributed by atoms with Gasteiger partial charge in [-0.25, -0.2) is 4.79 Å². The number of carbonyl (C=O) groups is 1. The smallest absolute Gasteiger partial charge is 0.335 e. The molecule has 0 saturated carbocycles. The van der Waals surface area contributed by atoms with E-state index in [2.05, 4.69) is 24.4 Å². The van der Waals surface area contributed by atoms with Crippen molar-refractivity contribution in [3.63, 3.8) is 0 Å². The molecule has 2 aromatic carbocycles. The summed E-state index contributed by atoms with van der Waals surface area (Å²) in [5, 5.41) is 12.6. The molecule has 2 N–H and O–H groups in total. The van der Waals surface area contributed by atoms with E-state index in [0.29, 0.717) is 11.6 Å². The highest BCUT2D eigenvalue weighted by Gasteiger charge is 2.18. The van der Waals surface area contributed by atoms with Crippen LogP contribution in [0.5, 0.6) is 0 Å². The number of nitrogens with one attached hydrogen (secondary N) is 1. The number of aromatic carboxylic acids is 1. The molecule has 0 spiro atoms. The van der Waals surface area contributed by atoms with Crippen molar-refractivity contribution in [2.24, 2.45) is 0 Å². The van der Waals surface area contributed by atoms with Crippen molar-refractivity contribution in [3.05, 3.63) is 59.2 Å². The molecule has 0 aliphatic carbocycles. The molecule has 0 bridgehead atoms. The minimum atomic E-state index is -0.883. The second-order valence-electron chi connectivity index (χ2n) is 5.32. The summed E-state index contributed by atoms with van der Waals surface area (Å²) in [7, 11) is 0. The van der Waals surface area contributed by atoms with Gasteiger partial charge in [-0.2, -0.15) is 0 Å². The molecule has 0 amide bonds. The van der Waals surface area contributed by atoms with E-state index in [4.69, 9.17) is 5.11 Å². The fourth-order valence-electron chi connectivity index (χ4n) is 2.79. The van der Waals surface area contributed by atoms with Crippen LogP contribution in [0.15, 0.2) is 42.5 Å². The van der Waals surface area contributed by atoms with Gasteiger partial charge in [-0.05, 0) is 47.7 Å². The van der Waals surface area contributed by atoms with Crippen molar-refractivity contribution >= 4 is 5.97 Å². The third-order valence-electron chi connectivity index (χ3n) is 3.84. The Balaban J connectivity index is 2.11. The van der Waals surface area contributed by atoms with Gasteiger partial charge in [0.2, 0.25) is 0 Å². The summed E-state index contributed by atoms with van der Waals surface area (Å²) in [5.74, 6) is -0.883. The Hall–Kier alpha value is -2.13. The molecule has 3 heteroatoms. The molecule has 1 unspecified atom stereocenters. The molecule has 1 heterocycles. The summed E-state index contributed by atoms with van der Waals surface area (Å²) in [6.45, 7) is 3.05. The van der Waals surface area contributed by atoms with Gasteiger partial charge in [0.1, 0.15) is 0 Å². The molecule has 20 heavy (non-hydrogen) atoms. The molecular formula is C17H17NO2. The Bertz CT molecular complexity index is 664. The van der Waals surface area contributed by atoms with Crippen LogP contribution in [0.3, 0.4) is 0 Å². The predicted molar refractivity (Wildman–Crippen MR) is 78.8 cm³/mol. The van der Waals surface area contributed by atoms with Crippen LogP contribution >= 0.6 is 0 Å². The standard InChI is InChI=1S/C17H17NO2/c1-11-8-16-14(10-18-11)6-3-7-15(16)12-4-2-5-13(9-12)17(19)20/h2-7,9,11,18H,8,10H2,1H3,(H,19,20). The maximum atomic E-state index is 11.1. The second-order valence-corrected chi connectivity index (χ2v) is 5.32. The lowest BCUT2D eigenvalue weighted by molar-refractivity contribution is 0.0697. The number of carboxylic acids is 1. The Morgan fingerprint density at radius 3 is 2.85 bits per heavy atom. The van der Waals surface area contributed by atoms with Crippen LogP contribution in [0.2, 0.25) is 0 Å². The minimum Gasteiger partial charge on any atom is -0.478 e. The van der Waals surface area contributed by atoms with Crippen molar-refractivity contribution in [2.75, 3.05) is 0 Å². The average Bonchev–Trinajstić information content (AvgIpc) is 2.46. The van der Waals surface area contributed by atoms with Gasteiger partial charge >= 0.3 is 5.97 Å². The van der Waals surface area contributed by atoms with Crippen molar-refractivity contribution in [1.29, 1.82) is 0 Å². The van der Waals surface area contributed by atoms with Crippen molar-refractivity contribution in [3.8, 4) is 11.1 Å². The third-order valence-corrected chi connectivity index (χ3v) is 3.84. The quantitative estimate of drug-likeness (QED) is 0.879. The summed E-state index contributed by atoms with van der Waals surface area (Å²) in [6.07, 6.45) is 0.975. The number of fused-ring (bicyclic) bond motifs is 1. The van der Waals surface area contributed by atoms with Crippen LogP contribution in [-0.2, 0) is 13.0 Å². The number of benzene rings is 2. The van der Waals surface area contributed by atoms with Gasteiger partial charge in [-0.1, -0.05) is 30.3 Å². The zero-order valence-corrected chi connectivity index (χ0v) is 11.4. The molecule has 3 rings (SSSR count). The zero-order valence-electron chi connectivity index (χ0n) is 11.4. The van der Waals surface area contributed by atoms with Gasteiger partial charge in [0.15, 0.2) is 0 Å². The minimum absolute atomic E-state index is 0.335. The van der Waals surface area contributed by atoms with Gasteiger partial charge in [0.25, 0.3) is 0 Å².